The molecule has 0 saturated carbocycles. The van der Waals surface area contributed by atoms with Gasteiger partial charge in [-0.05, 0) is 18.6 Å². The van der Waals surface area contributed by atoms with Gasteiger partial charge in [0, 0.05) is 11.3 Å². The molecule has 2 rings (SSSR count). The van der Waals surface area contributed by atoms with E-state index in [9.17, 15) is 8.42 Å². The molecular weight excluding hydrogens is 333 g/mol. The smallest absolute Gasteiger partial charge is 0.200 e. The van der Waals surface area contributed by atoms with Crippen molar-refractivity contribution in [2.45, 2.75) is 37.5 Å². The Morgan fingerprint density at radius 2 is 1.95 bits per heavy atom. The van der Waals surface area contributed by atoms with Gasteiger partial charge in [-0.25, -0.2) is 13.4 Å². The molecule has 7 heteroatoms. The van der Waals surface area contributed by atoms with Crippen molar-refractivity contribution in [3.8, 4) is 0 Å². The molecule has 1 aromatic heterocycles. The van der Waals surface area contributed by atoms with Crippen LogP contribution in [0.5, 0.6) is 0 Å². The first-order valence-corrected chi connectivity index (χ1v) is 9.11. The van der Waals surface area contributed by atoms with E-state index >= 15 is 0 Å². The molecule has 4 nitrogen and oxygen atoms in total. The maximum Gasteiger partial charge on any atom is 0.200 e. The standard InChI is InChI=1S/C14H17Cl2NO3S/c1-14(2,3)13-17-10-6-5-9(16)12(11(10)20-13)21(18,19)8-4-7-15/h5-6H,4,7-8H2,1-3H3. The van der Waals surface area contributed by atoms with Gasteiger partial charge in [0.25, 0.3) is 0 Å². The topological polar surface area (TPSA) is 60.2 Å². The SMILES string of the molecule is CC(C)(C)c1nc2ccc(Cl)c(S(=O)(=O)CCCCl)c2o1. The molecule has 1 heterocycles. The summed E-state index contributed by atoms with van der Waals surface area (Å²) in [6.07, 6.45) is 0.358. The van der Waals surface area contributed by atoms with Gasteiger partial charge in [0.05, 0.1) is 10.8 Å². The summed E-state index contributed by atoms with van der Waals surface area (Å²) in [7, 11) is -3.56. The van der Waals surface area contributed by atoms with Crippen molar-refractivity contribution in [1.82, 2.24) is 4.98 Å². The zero-order chi connectivity index (χ0) is 15.8. The van der Waals surface area contributed by atoms with Crippen LogP contribution in [-0.2, 0) is 15.3 Å². The van der Waals surface area contributed by atoms with Crippen molar-refractivity contribution in [3.63, 3.8) is 0 Å². The van der Waals surface area contributed by atoms with E-state index in [2.05, 4.69) is 4.98 Å². The van der Waals surface area contributed by atoms with Crippen molar-refractivity contribution in [2.24, 2.45) is 0 Å². The molecule has 0 aliphatic rings. The summed E-state index contributed by atoms with van der Waals surface area (Å²) in [6.45, 7) is 5.84. The largest absolute Gasteiger partial charge is 0.439 e. The summed E-state index contributed by atoms with van der Waals surface area (Å²) >= 11 is 11.7. The molecule has 0 N–H and O–H groups in total. The van der Waals surface area contributed by atoms with E-state index in [0.717, 1.165) is 0 Å². The van der Waals surface area contributed by atoms with Crippen LogP contribution < -0.4 is 0 Å². The summed E-state index contributed by atoms with van der Waals surface area (Å²) in [5.41, 5.74) is 0.402. The summed E-state index contributed by atoms with van der Waals surface area (Å²) in [4.78, 5) is 4.37. The second-order valence-electron chi connectivity index (χ2n) is 5.86. The summed E-state index contributed by atoms with van der Waals surface area (Å²) in [5.74, 6) is 0.686. The van der Waals surface area contributed by atoms with Gasteiger partial charge in [0.1, 0.15) is 10.4 Å². The Hall–Kier alpha value is -0.780. The Morgan fingerprint density at radius 3 is 2.52 bits per heavy atom. The first kappa shape index (κ1) is 16.6. The third kappa shape index (κ3) is 3.35. The Kier molecular flexibility index (Phi) is 4.57. The number of alkyl halides is 1. The second-order valence-corrected chi connectivity index (χ2v) is 8.69. The Balaban J connectivity index is 2.68. The molecule has 0 aliphatic heterocycles. The first-order valence-electron chi connectivity index (χ1n) is 6.55. The molecule has 2 aromatic rings. The van der Waals surface area contributed by atoms with Crippen molar-refractivity contribution in [2.75, 3.05) is 11.6 Å². The van der Waals surface area contributed by atoms with E-state index in [0.29, 0.717) is 17.8 Å². The van der Waals surface area contributed by atoms with Crippen LogP contribution in [-0.4, -0.2) is 25.0 Å². The van der Waals surface area contributed by atoms with Gasteiger partial charge in [-0.15, -0.1) is 11.6 Å². The van der Waals surface area contributed by atoms with Crippen LogP contribution in [0.15, 0.2) is 21.4 Å². The molecule has 116 valence electrons. The molecule has 0 amide bonds. The molecule has 0 aliphatic carbocycles. The predicted molar refractivity (Wildman–Crippen MR) is 85.1 cm³/mol. The zero-order valence-corrected chi connectivity index (χ0v) is 14.4. The van der Waals surface area contributed by atoms with E-state index in [4.69, 9.17) is 27.6 Å². The summed E-state index contributed by atoms with van der Waals surface area (Å²) < 4.78 is 30.6. The van der Waals surface area contributed by atoms with E-state index < -0.39 is 9.84 Å². The fourth-order valence-corrected chi connectivity index (χ4v) is 4.22. The van der Waals surface area contributed by atoms with Crippen molar-refractivity contribution in [1.29, 1.82) is 0 Å². The van der Waals surface area contributed by atoms with Crippen molar-refractivity contribution >= 4 is 44.1 Å². The Labute approximate surface area is 134 Å². The minimum atomic E-state index is -3.56. The van der Waals surface area contributed by atoms with E-state index in [1.54, 1.807) is 6.07 Å². The van der Waals surface area contributed by atoms with Gasteiger partial charge >= 0.3 is 0 Å². The Bertz CT molecular complexity index is 760. The molecule has 0 radical (unpaired) electrons. The molecule has 21 heavy (non-hydrogen) atoms. The predicted octanol–water partition coefficient (Wildman–Crippen LogP) is 4.18. The number of hydrogen-bond acceptors (Lipinski definition) is 4. The van der Waals surface area contributed by atoms with Gasteiger partial charge in [-0.1, -0.05) is 32.4 Å². The fraction of sp³-hybridized carbons (Fsp3) is 0.500. The van der Waals surface area contributed by atoms with Crippen LogP contribution in [0.1, 0.15) is 33.1 Å². The Morgan fingerprint density at radius 1 is 1.29 bits per heavy atom. The van der Waals surface area contributed by atoms with Gasteiger partial charge in [0.15, 0.2) is 15.4 Å². The summed E-state index contributed by atoms with van der Waals surface area (Å²) in [5, 5.41) is 0.147. The van der Waals surface area contributed by atoms with Crippen LogP contribution in [0.2, 0.25) is 5.02 Å². The maximum absolute atomic E-state index is 12.5. The lowest BCUT2D eigenvalue weighted by Crippen LogP contribution is -2.11. The molecule has 0 bridgehead atoms. The highest BCUT2D eigenvalue weighted by atomic mass is 35.5. The molecule has 0 saturated heterocycles. The normalized spacial score (nSPS) is 13.0. The number of oxazole rings is 1. The highest BCUT2D eigenvalue weighted by Gasteiger charge is 2.27. The molecule has 0 atom stereocenters. The molecule has 0 spiro atoms. The number of fused-ring (bicyclic) bond motifs is 1. The van der Waals surface area contributed by atoms with Gasteiger partial charge in [0.2, 0.25) is 5.89 Å². The molecular formula is C14H17Cl2NO3S. The van der Waals surface area contributed by atoms with Crippen LogP contribution >= 0.6 is 23.2 Å². The summed E-state index contributed by atoms with van der Waals surface area (Å²) in [6, 6.07) is 3.20. The molecule has 0 fully saturated rings. The monoisotopic (exact) mass is 349 g/mol. The second kappa shape index (κ2) is 5.78. The van der Waals surface area contributed by atoms with Gasteiger partial charge < -0.3 is 4.42 Å². The minimum Gasteiger partial charge on any atom is -0.439 e. The van der Waals surface area contributed by atoms with Gasteiger partial charge in [-0.2, -0.15) is 0 Å². The van der Waals surface area contributed by atoms with Crippen LogP contribution in [0.3, 0.4) is 0 Å². The van der Waals surface area contributed by atoms with Gasteiger partial charge in [-0.3, -0.25) is 0 Å². The molecule has 0 unspecified atom stereocenters. The van der Waals surface area contributed by atoms with E-state index in [-0.39, 0.29) is 32.5 Å². The lowest BCUT2D eigenvalue weighted by Gasteiger charge is -2.12. The number of sulfone groups is 1. The third-order valence-corrected chi connectivity index (χ3v) is 5.51. The quantitative estimate of drug-likeness (QED) is 0.776. The van der Waals surface area contributed by atoms with Crippen LogP contribution in [0.4, 0.5) is 0 Å². The number of benzene rings is 1. The third-order valence-electron chi connectivity index (χ3n) is 2.96. The minimum absolute atomic E-state index is 0.00906. The maximum atomic E-state index is 12.5. The number of rotatable bonds is 4. The van der Waals surface area contributed by atoms with E-state index in [1.165, 1.54) is 6.07 Å². The fourth-order valence-electron chi connectivity index (χ4n) is 1.90. The van der Waals surface area contributed by atoms with Crippen molar-refractivity contribution < 1.29 is 12.8 Å². The average molecular weight is 350 g/mol. The number of nitrogens with zero attached hydrogens (tertiary/aromatic N) is 1. The number of halogens is 2. The lowest BCUT2D eigenvalue weighted by molar-refractivity contribution is 0.408. The van der Waals surface area contributed by atoms with Crippen LogP contribution in [0, 0.1) is 0 Å². The first-order chi connectivity index (χ1) is 9.66. The zero-order valence-electron chi connectivity index (χ0n) is 12.1. The molecule has 1 aromatic carbocycles. The van der Waals surface area contributed by atoms with Crippen LogP contribution in [0.25, 0.3) is 11.1 Å². The number of hydrogen-bond donors (Lipinski definition) is 0. The average Bonchev–Trinajstić information content (AvgIpc) is 2.79. The lowest BCUT2D eigenvalue weighted by atomic mass is 9.97. The highest BCUT2D eigenvalue weighted by Crippen LogP contribution is 2.34. The van der Waals surface area contributed by atoms with Crippen molar-refractivity contribution in [3.05, 3.63) is 23.0 Å². The van der Waals surface area contributed by atoms with E-state index in [1.807, 2.05) is 20.8 Å². The highest BCUT2D eigenvalue weighted by molar-refractivity contribution is 7.91. The number of aromatic nitrogens is 1.